The fraction of sp³-hybridized carbons (Fsp3) is 0.148. The fourth-order valence-electron chi connectivity index (χ4n) is 3.42. The molecule has 0 fully saturated rings. The van der Waals surface area contributed by atoms with Gasteiger partial charge in [-0.05, 0) is 42.0 Å². The first kappa shape index (κ1) is 24.3. The van der Waals surface area contributed by atoms with Gasteiger partial charge >= 0.3 is 0 Å². The molecule has 9 heteroatoms. The normalized spacial score (nSPS) is 10.8. The van der Waals surface area contributed by atoms with Gasteiger partial charge < -0.3 is 18.9 Å². The van der Waals surface area contributed by atoms with Gasteiger partial charge in [-0.15, -0.1) is 0 Å². The van der Waals surface area contributed by atoms with Gasteiger partial charge in [-0.25, -0.2) is 5.43 Å². The van der Waals surface area contributed by atoms with Crippen LogP contribution in [0.25, 0.3) is 11.3 Å². The number of hydrazone groups is 1. The van der Waals surface area contributed by atoms with Crippen LogP contribution in [0.3, 0.4) is 0 Å². The molecule has 0 bridgehead atoms. The summed E-state index contributed by atoms with van der Waals surface area (Å²) in [7, 11) is 4.61. The molecule has 9 nitrogen and oxygen atoms in total. The number of carbonyl (C=O) groups is 1. The molecule has 0 aliphatic rings. The van der Waals surface area contributed by atoms with E-state index >= 15 is 0 Å². The topological polar surface area (TPSA) is 107 Å². The van der Waals surface area contributed by atoms with E-state index in [0.717, 1.165) is 16.9 Å². The summed E-state index contributed by atoms with van der Waals surface area (Å²) < 4.78 is 21.8. The SMILES string of the molecule is COc1cc(OC)c(OC)cc1/C=N/NC(=O)c1cc(-c2ccc(OCc3ccccc3)cc2)n[nH]1. The van der Waals surface area contributed by atoms with Gasteiger partial charge in [-0.1, -0.05) is 30.3 Å². The van der Waals surface area contributed by atoms with Crippen molar-refractivity contribution in [2.24, 2.45) is 5.10 Å². The Morgan fingerprint density at radius 3 is 2.31 bits per heavy atom. The minimum Gasteiger partial charge on any atom is -0.496 e. The van der Waals surface area contributed by atoms with Crippen LogP contribution in [0.1, 0.15) is 21.6 Å². The van der Waals surface area contributed by atoms with E-state index in [1.807, 2.05) is 54.6 Å². The fourth-order valence-corrected chi connectivity index (χ4v) is 3.42. The smallest absolute Gasteiger partial charge is 0.289 e. The zero-order valence-electron chi connectivity index (χ0n) is 20.1. The molecule has 0 atom stereocenters. The van der Waals surface area contributed by atoms with E-state index in [1.165, 1.54) is 27.5 Å². The minimum atomic E-state index is -0.438. The summed E-state index contributed by atoms with van der Waals surface area (Å²) in [4.78, 5) is 12.5. The van der Waals surface area contributed by atoms with Crippen LogP contribution in [0.5, 0.6) is 23.0 Å². The monoisotopic (exact) mass is 486 g/mol. The van der Waals surface area contributed by atoms with Crippen LogP contribution in [0, 0.1) is 0 Å². The zero-order chi connectivity index (χ0) is 25.3. The summed E-state index contributed by atoms with van der Waals surface area (Å²) in [5.41, 5.74) is 5.92. The van der Waals surface area contributed by atoms with Crippen molar-refractivity contribution in [1.29, 1.82) is 0 Å². The zero-order valence-corrected chi connectivity index (χ0v) is 20.1. The molecule has 1 heterocycles. The second-order valence-electron chi connectivity index (χ2n) is 7.61. The Kier molecular flexibility index (Phi) is 7.82. The molecule has 3 aromatic carbocycles. The van der Waals surface area contributed by atoms with Crippen molar-refractivity contribution in [1.82, 2.24) is 15.6 Å². The number of hydrogen-bond acceptors (Lipinski definition) is 7. The molecule has 0 unspecified atom stereocenters. The van der Waals surface area contributed by atoms with Gasteiger partial charge in [0.15, 0.2) is 11.5 Å². The molecule has 4 rings (SSSR count). The second kappa shape index (κ2) is 11.6. The highest BCUT2D eigenvalue weighted by Crippen LogP contribution is 2.33. The van der Waals surface area contributed by atoms with Crippen LogP contribution in [0.2, 0.25) is 0 Å². The van der Waals surface area contributed by atoms with Crippen molar-refractivity contribution in [3.8, 4) is 34.3 Å². The Morgan fingerprint density at radius 2 is 1.61 bits per heavy atom. The Morgan fingerprint density at radius 1 is 0.917 bits per heavy atom. The summed E-state index contributed by atoms with van der Waals surface area (Å²) in [6.45, 7) is 0.489. The Balaban J connectivity index is 1.38. The van der Waals surface area contributed by atoms with Crippen molar-refractivity contribution in [3.05, 3.63) is 89.6 Å². The Labute approximate surface area is 208 Å². The number of methoxy groups -OCH3 is 3. The summed E-state index contributed by atoms with van der Waals surface area (Å²) in [5, 5.41) is 11.0. The molecule has 0 aliphatic heterocycles. The number of amides is 1. The van der Waals surface area contributed by atoms with Gasteiger partial charge in [-0.3, -0.25) is 9.89 Å². The number of aromatic amines is 1. The lowest BCUT2D eigenvalue weighted by Gasteiger charge is -2.11. The lowest BCUT2D eigenvalue weighted by atomic mass is 10.1. The lowest BCUT2D eigenvalue weighted by molar-refractivity contribution is 0.0950. The van der Waals surface area contributed by atoms with Crippen molar-refractivity contribution in [2.75, 3.05) is 21.3 Å². The first-order valence-corrected chi connectivity index (χ1v) is 11.1. The van der Waals surface area contributed by atoms with Crippen LogP contribution >= 0.6 is 0 Å². The summed E-state index contributed by atoms with van der Waals surface area (Å²) in [6, 6.07) is 22.5. The van der Waals surface area contributed by atoms with Gasteiger partial charge in [0.05, 0.1) is 33.2 Å². The van der Waals surface area contributed by atoms with Crippen molar-refractivity contribution in [3.63, 3.8) is 0 Å². The molecule has 0 saturated carbocycles. The maximum Gasteiger partial charge on any atom is 0.289 e. The van der Waals surface area contributed by atoms with Crippen LogP contribution in [0.4, 0.5) is 0 Å². The van der Waals surface area contributed by atoms with Crippen LogP contribution < -0.4 is 24.4 Å². The van der Waals surface area contributed by atoms with Gasteiger partial charge in [-0.2, -0.15) is 10.2 Å². The molecular formula is C27H26N4O5. The number of ether oxygens (including phenoxy) is 4. The van der Waals surface area contributed by atoms with E-state index in [4.69, 9.17) is 18.9 Å². The van der Waals surface area contributed by atoms with Gasteiger partial charge in [0.1, 0.15) is 23.8 Å². The molecular weight excluding hydrogens is 460 g/mol. The van der Waals surface area contributed by atoms with E-state index in [0.29, 0.717) is 35.1 Å². The molecule has 36 heavy (non-hydrogen) atoms. The molecule has 2 N–H and O–H groups in total. The maximum absolute atomic E-state index is 12.5. The number of rotatable bonds is 10. The molecule has 184 valence electrons. The number of carbonyl (C=O) groups excluding carboxylic acids is 1. The lowest BCUT2D eigenvalue weighted by Crippen LogP contribution is -2.18. The summed E-state index contributed by atoms with van der Waals surface area (Å²) >= 11 is 0. The van der Waals surface area contributed by atoms with E-state index in [1.54, 1.807) is 18.2 Å². The molecule has 0 spiro atoms. The van der Waals surface area contributed by atoms with Gasteiger partial charge in [0.2, 0.25) is 0 Å². The summed E-state index contributed by atoms with van der Waals surface area (Å²) in [6.07, 6.45) is 1.46. The highest BCUT2D eigenvalue weighted by molar-refractivity contribution is 5.94. The number of aromatic nitrogens is 2. The van der Waals surface area contributed by atoms with E-state index in [2.05, 4.69) is 20.7 Å². The third kappa shape index (κ3) is 5.82. The number of nitrogens with zero attached hydrogens (tertiary/aromatic N) is 2. The van der Waals surface area contributed by atoms with E-state index in [9.17, 15) is 4.79 Å². The third-order valence-electron chi connectivity index (χ3n) is 5.33. The Hall–Kier alpha value is -4.79. The average Bonchev–Trinajstić information content (AvgIpc) is 3.43. The predicted molar refractivity (Wildman–Crippen MR) is 136 cm³/mol. The van der Waals surface area contributed by atoms with Gasteiger partial charge in [0, 0.05) is 17.2 Å². The number of benzene rings is 3. The molecule has 1 aromatic heterocycles. The molecule has 0 radical (unpaired) electrons. The molecule has 0 aliphatic carbocycles. The highest BCUT2D eigenvalue weighted by Gasteiger charge is 2.12. The van der Waals surface area contributed by atoms with Crippen LogP contribution in [-0.4, -0.2) is 43.6 Å². The molecule has 1 amide bonds. The predicted octanol–water partition coefficient (Wildman–Crippen LogP) is 4.45. The first-order chi connectivity index (χ1) is 17.6. The highest BCUT2D eigenvalue weighted by atomic mass is 16.5. The van der Waals surface area contributed by atoms with Crippen molar-refractivity contribution >= 4 is 12.1 Å². The van der Waals surface area contributed by atoms with Crippen molar-refractivity contribution < 1.29 is 23.7 Å². The molecule has 0 saturated heterocycles. The number of hydrogen-bond donors (Lipinski definition) is 2. The number of H-pyrrole nitrogens is 1. The van der Waals surface area contributed by atoms with Crippen LogP contribution in [-0.2, 0) is 6.61 Å². The standard InChI is InChI=1S/C27H26N4O5/c1-33-24-15-26(35-3)25(34-2)13-20(24)16-28-31-27(32)23-14-22(29-30-23)19-9-11-21(12-10-19)36-17-18-7-5-4-6-8-18/h4-16H,17H2,1-3H3,(H,29,30)(H,31,32)/b28-16+. The Bertz CT molecular complexity index is 1330. The first-order valence-electron chi connectivity index (χ1n) is 11.1. The maximum atomic E-state index is 12.5. The average molecular weight is 487 g/mol. The van der Waals surface area contributed by atoms with Crippen LogP contribution in [0.15, 0.2) is 77.9 Å². The summed E-state index contributed by atoms with van der Waals surface area (Å²) in [5.74, 6) is 1.87. The van der Waals surface area contributed by atoms with Gasteiger partial charge in [0.25, 0.3) is 5.91 Å². The number of nitrogens with one attached hydrogen (secondary N) is 2. The quantitative estimate of drug-likeness (QED) is 0.253. The minimum absolute atomic E-state index is 0.269. The molecule has 4 aromatic rings. The van der Waals surface area contributed by atoms with Crippen molar-refractivity contribution in [2.45, 2.75) is 6.61 Å². The van der Waals surface area contributed by atoms with E-state index in [-0.39, 0.29) is 5.69 Å². The van der Waals surface area contributed by atoms with E-state index < -0.39 is 5.91 Å². The largest absolute Gasteiger partial charge is 0.496 e. The third-order valence-corrected chi connectivity index (χ3v) is 5.33. The second-order valence-corrected chi connectivity index (χ2v) is 7.61.